The van der Waals surface area contributed by atoms with Crippen molar-refractivity contribution in [1.29, 1.82) is 0 Å². The van der Waals surface area contributed by atoms with E-state index in [4.69, 9.17) is 0 Å². The Morgan fingerprint density at radius 1 is 1.33 bits per heavy atom. The monoisotopic (exact) mass is 268 g/mol. The van der Waals surface area contributed by atoms with Gasteiger partial charge < -0.3 is 9.84 Å². The fourth-order valence-electron chi connectivity index (χ4n) is 1.40. The normalized spacial score (nSPS) is 11.4. The summed E-state index contributed by atoms with van der Waals surface area (Å²) in [6.45, 7) is 0.284. The molecule has 0 fully saturated rings. The second-order valence-corrected chi connectivity index (χ2v) is 5.26. The molecular weight excluding hydrogens is 256 g/mol. The van der Waals surface area contributed by atoms with E-state index in [0.29, 0.717) is 11.5 Å². The first kappa shape index (κ1) is 12.5. The predicted molar refractivity (Wildman–Crippen MR) is 64.3 cm³/mol. The molecule has 0 amide bonds. The smallest absolute Gasteiger partial charge is 0.242 e. The molecule has 1 aromatic carbocycles. The second-order valence-electron chi connectivity index (χ2n) is 3.40. The van der Waals surface area contributed by atoms with E-state index >= 15 is 0 Å². The minimum Gasteiger partial charge on any atom is -0.377 e. The first-order chi connectivity index (χ1) is 8.63. The maximum atomic E-state index is 11.8. The minimum atomic E-state index is -3.50. The molecule has 2 rings (SSSR count). The highest BCUT2D eigenvalue weighted by Crippen LogP contribution is 2.20. The van der Waals surface area contributed by atoms with E-state index in [1.54, 1.807) is 18.2 Å². The molecule has 7 nitrogen and oxygen atoms in total. The van der Waals surface area contributed by atoms with Gasteiger partial charge in [0.05, 0.1) is 12.2 Å². The summed E-state index contributed by atoms with van der Waals surface area (Å²) in [7, 11) is -2.13. The third-order valence-electron chi connectivity index (χ3n) is 2.29. The number of para-hydroxylation sites is 1. The summed E-state index contributed by atoms with van der Waals surface area (Å²) >= 11 is 0. The third-order valence-corrected chi connectivity index (χ3v) is 3.76. The SMILES string of the molecule is CNS(=O)(=O)c1ccccc1NCc1ncon1. The Kier molecular flexibility index (Phi) is 3.58. The van der Waals surface area contributed by atoms with Crippen molar-refractivity contribution in [3.63, 3.8) is 0 Å². The molecule has 0 aliphatic heterocycles. The summed E-state index contributed by atoms with van der Waals surface area (Å²) in [6.07, 6.45) is 1.22. The zero-order valence-corrected chi connectivity index (χ0v) is 10.4. The molecule has 0 atom stereocenters. The highest BCUT2D eigenvalue weighted by atomic mass is 32.2. The zero-order chi connectivity index (χ0) is 13.0. The van der Waals surface area contributed by atoms with Crippen LogP contribution in [0.15, 0.2) is 40.1 Å². The van der Waals surface area contributed by atoms with E-state index in [-0.39, 0.29) is 11.4 Å². The van der Waals surface area contributed by atoms with Gasteiger partial charge in [0.15, 0.2) is 5.82 Å². The van der Waals surface area contributed by atoms with Gasteiger partial charge in [-0.25, -0.2) is 13.1 Å². The Morgan fingerprint density at radius 3 is 2.78 bits per heavy atom. The molecule has 0 saturated heterocycles. The topological polar surface area (TPSA) is 97.1 Å². The van der Waals surface area contributed by atoms with E-state index in [0.717, 1.165) is 0 Å². The Morgan fingerprint density at radius 2 is 2.11 bits per heavy atom. The maximum absolute atomic E-state index is 11.8. The van der Waals surface area contributed by atoms with Gasteiger partial charge >= 0.3 is 0 Å². The van der Waals surface area contributed by atoms with Gasteiger partial charge in [-0.05, 0) is 19.2 Å². The lowest BCUT2D eigenvalue weighted by Gasteiger charge is -2.10. The molecule has 1 aromatic heterocycles. The van der Waals surface area contributed by atoms with Gasteiger partial charge in [-0.1, -0.05) is 17.3 Å². The number of nitrogens with one attached hydrogen (secondary N) is 2. The number of anilines is 1. The average molecular weight is 268 g/mol. The Bertz CT molecular complexity index is 610. The van der Waals surface area contributed by atoms with Crippen molar-refractivity contribution in [3.05, 3.63) is 36.5 Å². The van der Waals surface area contributed by atoms with E-state index in [9.17, 15) is 8.42 Å². The summed E-state index contributed by atoms with van der Waals surface area (Å²) in [4.78, 5) is 4.01. The highest BCUT2D eigenvalue weighted by molar-refractivity contribution is 7.89. The average Bonchev–Trinajstić information content (AvgIpc) is 2.90. The summed E-state index contributed by atoms with van der Waals surface area (Å²) in [6, 6.07) is 6.59. The third kappa shape index (κ3) is 2.66. The lowest BCUT2D eigenvalue weighted by molar-refractivity contribution is 0.411. The Hall–Kier alpha value is -1.93. The van der Waals surface area contributed by atoms with Crippen LogP contribution in [-0.4, -0.2) is 25.6 Å². The van der Waals surface area contributed by atoms with Crippen LogP contribution in [0.25, 0.3) is 0 Å². The molecule has 0 spiro atoms. The molecule has 18 heavy (non-hydrogen) atoms. The van der Waals surface area contributed by atoms with Crippen LogP contribution in [0.1, 0.15) is 5.82 Å². The van der Waals surface area contributed by atoms with E-state index in [1.165, 1.54) is 19.5 Å². The molecular formula is C10H12N4O3S. The van der Waals surface area contributed by atoms with Gasteiger partial charge in [0, 0.05) is 0 Å². The van der Waals surface area contributed by atoms with E-state index < -0.39 is 10.0 Å². The fraction of sp³-hybridized carbons (Fsp3) is 0.200. The zero-order valence-electron chi connectivity index (χ0n) is 9.62. The van der Waals surface area contributed by atoms with Crippen LogP contribution in [0.3, 0.4) is 0 Å². The largest absolute Gasteiger partial charge is 0.377 e. The minimum absolute atomic E-state index is 0.177. The molecule has 0 bridgehead atoms. The van der Waals surface area contributed by atoms with Crippen LogP contribution in [0.4, 0.5) is 5.69 Å². The number of rotatable bonds is 5. The van der Waals surface area contributed by atoms with E-state index in [2.05, 4.69) is 24.7 Å². The molecule has 1 heterocycles. The van der Waals surface area contributed by atoms with Crippen molar-refractivity contribution in [2.45, 2.75) is 11.4 Å². The number of hydrogen-bond donors (Lipinski definition) is 2. The quantitative estimate of drug-likeness (QED) is 0.823. The number of nitrogens with zero attached hydrogens (tertiary/aromatic N) is 2. The summed E-state index contributed by atoms with van der Waals surface area (Å²) < 4.78 is 30.4. The van der Waals surface area contributed by atoms with Gasteiger partial charge in [0.2, 0.25) is 16.4 Å². The van der Waals surface area contributed by atoms with Crippen LogP contribution in [-0.2, 0) is 16.6 Å². The van der Waals surface area contributed by atoms with Crippen molar-refractivity contribution in [2.24, 2.45) is 0 Å². The Labute approximate surface area is 104 Å². The first-order valence-electron chi connectivity index (χ1n) is 5.15. The van der Waals surface area contributed by atoms with E-state index in [1.807, 2.05) is 0 Å². The number of hydrogen-bond acceptors (Lipinski definition) is 6. The van der Waals surface area contributed by atoms with Crippen LogP contribution < -0.4 is 10.0 Å². The predicted octanol–water partition coefficient (Wildman–Crippen LogP) is 0.590. The molecule has 2 aromatic rings. The molecule has 0 unspecified atom stereocenters. The molecule has 0 aliphatic rings. The first-order valence-corrected chi connectivity index (χ1v) is 6.63. The van der Waals surface area contributed by atoms with Crippen LogP contribution in [0.5, 0.6) is 0 Å². The maximum Gasteiger partial charge on any atom is 0.242 e. The van der Waals surface area contributed by atoms with Crippen LogP contribution in [0, 0.1) is 0 Å². The van der Waals surface area contributed by atoms with Gasteiger partial charge in [-0.15, -0.1) is 0 Å². The van der Waals surface area contributed by atoms with Crippen molar-refractivity contribution in [2.75, 3.05) is 12.4 Å². The highest BCUT2D eigenvalue weighted by Gasteiger charge is 2.15. The second kappa shape index (κ2) is 5.15. The van der Waals surface area contributed by atoms with Crippen LogP contribution >= 0.6 is 0 Å². The molecule has 2 N–H and O–H groups in total. The lowest BCUT2D eigenvalue weighted by atomic mass is 10.3. The number of aromatic nitrogens is 2. The molecule has 96 valence electrons. The summed E-state index contributed by atoms with van der Waals surface area (Å²) in [5.74, 6) is 0.451. The van der Waals surface area contributed by atoms with Crippen molar-refractivity contribution in [3.8, 4) is 0 Å². The summed E-state index contributed by atoms with van der Waals surface area (Å²) in [5.41, 5.74) is 0.483. The van der Waals surface area contributed by atoms with Gasteiger partial charge in [0.25, 0.3) is 0 Å². The van der Waals surface area contributed by atoms with Crippen molar-refractivity contribution < 1.29 is 12.9 Å². The van der Waals surface area contributed by atoms with Gasteiger partial charge in [-0.2, -0.15) is 4.98 Å². The summed E-state index contributed by atoms with van der Waals surface area (Å²) in [5, 5.41) is 6.58. The van der Waals surface area contributed by atoms with Crippen molar-refractivity contribution in [1.82, 2.24) is 14.9 Å². The molecule has 0 aliphatic carbocycles. The van der Waals surface area contributed by atoms with Crippen LogP contribution in [0.2, 0.25) is 0 Å². The molecule has 0 saturated carbocycles. The molecule has 0 radical (unpaired) electrons. The fourth-order valence-corrected chi connectivity index (χ4v) is 2.31. The number of benzene rings is 1. The van der Waals surface area contributed by atoms with Gasteiger partial charge in [0.1, 0.15) is 4.90 Å². The Balaban J connectivity index is 2.23. The van der Waals surface area contributed by atoms with Gasteiger partial charge in [-0.3, -0.25) is 0 Å². The number of sulfonamides is 1. The lowest BCUT2D eigenvalue weighted by Crippen LogP contribution is -2.20. The molecule has 8 heteroatoms. The standard InChI is InChI=1S/C10H12N4O3S/c1-11-18(15,16)9-5-3-2-4-8(9)12-6-10-13-7-17-14-10/h2-5,7,11-12H,6H2,1H3. The van der Waals surface area contributed by atoms with Crippen molar-refractivity contribution >= 4 is 15.7 Å².